The monoisotopic (exact) mass is 902 g/mol. The molecule has 0 N–H and O–H groups in total. The predicted octanol–water partition coefficient (Wildman–Crippen LogP) is 15.1. The second kappa shape index (κ2) is 16.7. The van der Waals surface area contributed by atoms with Crippen LogP contribution in [0.3, 0.4) is 0 Å². The Labute approximate surface area is 408 Å². The van der Waals surface area contributed by atoms with Crippen molar-refractivity contribution in [3.8, 4) is 44.5 Å². The molecule has 2 aliphatic heterocycles. The highest BCUT2D eigenvalue weighted by molar-refractivity contribution is 7.19. The van der Waals surface area contributed by atoms with E-state index in [1.54, 1.807) is 0 Å². The molecule has 0 fully saturated rings. The van der Waals surface area contributed by atoms with Crippen LogP contribution in [0.4, 0.5) is 34.1 Å². The largest absolute Gasteiger partial charge is 0.309 e. The molecule has 69 heavy (non-hydrogen) atoms. The lowest BCUT2D eigenvalue weighted by Gasteiger charge is -2.35. The minimum absolute atomic E-state index is 1.14. The van der Waals surface area contributed by atoms with Gasteiger partial charge in [-0.2, -0.15) is 0 Å². The second-order valence-electron chi connectivity index (χ2n) is 19.2. The van der Waals surface area contributed by atoms with Gasteiger partial charge < -0.3 is 9.80 Å². The van der Waals surface area contributed by atoms with Crippen LogP contribution in [-0.4, -0.2) is 8.07 Å². The van der Waals surface area contributed by atoms with Crippen LogP contribution < -0.4 is 30.5 Å². The Bertz CT molecular complexity index is 3370. The van der Waals surface area contributed by atoms with Crippen molar-refractivity contribution in [3.63, 3.8) is 0 Å². The molecule has 0 atom stereocenters. The van der Waals surface area contributed by atoms with Crippen molar-refractivity contribution in [1.29, 1.82) is 0 Å². The Morgan fingerprint density at radius 3 is 0.928 bits per heavy atom. The summed E-state index contributed by atoms with van der Waals surface area (Å²) in [6.07, 6.45) is 0. The molecule has 10 aromatic rings. The Morgan fingerprint density at radius 1 is 0.261 bits per heavy atom. The molecule has 0 aliphatic carbocycles. The number of hydrogen-bond donors (Lipinski definition) is 0. The van der Waals surface area contributed by atoms with Crippen LogP contribution in [-0.2, 0) is 0 Å². The number of benzene rings is 10. The molecular weight excluding hydrogens is 849 g/mol. The fourth-order valence-corrected chi connectivity index (χ4v) is 16.5. The van der Waals surface area contributed by atoms with E-state index in [9.17, 15) is 0 Å². The van der Waals surface area contributed by atoms with Gasteiger partial charge in [-0.3, -0.25) is 0 Å². The van der Waals surface area contributed by atoms with E-state index in [2.05, 4.69) is 270 Å². The molecule has 0 unspecified atom stereocenters. The summed E-state index contributed by atoms with van der Waals surface area (Å²) >= 11 is 0. The highest BCUT2D eigenvalue weighted by atomic mass is 28.3. The summed E-state index contributed by atoms with van der Waals surface area (Å²) in [5.41, 5.74) is 25.0. The maximum absolute atomic E-state index is 2.94. The van der Waals surface area contributed by atoms with Gasteiger partial charge >= 0.3 is 0 Å². The number of anilines is 6. The molecule has 0 radical (unpaired) electrons. The quantitative estimate of drug-likeness (QED) is 0.121. The third-order valence-corrected chi connectivity index (χ3v) is 19.7. The summed E-state index contributed by atoms with van der Waals surface area (Å²) in [6.45, 7) is 13.4. The van der Waals surface area contributed by atoms with E-state index in [4.69, 9.17) is 0 Å². The van der Waals surface area contributed by atoms with Crippen molar-refractivity contribution in [2.24, 2.45) is 0 Å². The first-order chi connectivity index (χ1) is 33.7. The Hall–Kier alpha value is -7.98. The lowest BCUT2D eigenvalue weighted by Crippen LogP contribution is -2.74. The van der Waals surface area contributed by atoms with Gasteiger partial charge in [-0.1, -0.05) is 170 Å². The van der Waals surface area contributed by atoms with Crippen LogP contribution in [0.5, 0.6) is 0 Å². The van der Waals surface area contributed by atoms with Gasteiger partial charge in [-0.15, -0.1) is 0 Å². The number of para-hydroxylation sites is 2. The fraction of sp³-hybridized carbons (Fsp3) is 0.0909. The first-order valence-corrected chi connectivity index (χ1v) is 26.3. The molecule has 2 aliphatic rings. The van der Waals surface area contributed by atoms with E-state index >= 15 is 0 Å². The number of hydrogen-bond acceptors (Lipinski definition) is 2. The van der Waals surface area contributed by atoms with Crippen molar-refractivity contribution in [2.75, 3.05) is 9.80 Å². The van der Waals surface area contributed by atoms with Crippen molar-refractivity contribution >= 4 is 62.9 Å². The first-order valence-electron chi connectivity index (χ1n) is 24.3. The molecule has 332 valence electrons. The van der Waals surface area contributed by atoms with E-state index in [1.165, 1.54) is 121 Å². The van der Waals surface area contributed by atoms with Gasteiger partial charge in [0.05, 0.1) is 22.7 Å². The van der Waals surface area contributed by atoms with Crippen molar-refractivity contribution in [1.82, 2.24) is 0 Å². The Kier molecular flexibility index (Phi) is 10.2. The second-order valence-corrected chi connectivity index (χ2v) is 23.0. The SMILES string of the molecule is Cc1ccc2c(c1)N(c1ccc([Si](c3ccccc3)(c3ccccc3)c3ccc(N4c5ccccc5-c5c(C)ccc(C)c5-c5ccc(C)cc54)cc3)cc1)c1ccccc1-c1c(C)ccc(C)c1-2. The van der Waals surface area contributed by atoms with Gasteiger partial charge in [-0.25, -0.2) is 0 Å². The fourth-order valence-electron chi connectivity index (χ4n) is 11.8. The molecule has 12 rings (SSSR count). The van der Waals surface area contributed by atoms with Gasteiger partial charge in [-0.05, 0) is 166 Å². The number of fused-ring (bicyclic) bond motifs is 10. The summed E-state index contributed by atoms with van der Waals surface area (Å²) in [5.74, 6) is 0. The van der Waals surface area contributed by atoms with E-state index in [-0.39, 0.29) is 0 Å². The molecular formula is C66H54N2Si. The Balaban J connectivity index is 1.05. The third-order valence-electron chi connectivity index (χ3n) is 14.9. The topological polar surface area (TPSA) is 6.48 Å². The zero-order valence-corrected chi connectivity index (χ0v) is 41.2. The molecule has 0 saturated heterocycles. The summed E-state index contributed by atoms with van der Waals surface area (Å²) in [5, 5.41) is 5.37. The lowest BCUT2D eigenvalue weighted by atomic mass is 9.88. The molecule has 2 heterocycles. The number of aryl methyl sites for hydroxylation is 6. The first kappa shape index (κ1) is 42.4. The van der Waals surface area contributed by atoms with Gasteiger partial charge in [0.25, 0.3) is 0 Å². The van der Waals surface area contributed by atoms with Crippen LogP contribution in [0, 0.1) is 41.5 Å². The number of nitrogens with zero attached hydrogens (tertiary/aromatic N) is 2. The molecule has 0 aromatic heterocycles. The number of rotatable bonds is 6. The third kappa shape index (κ3) is 6.67. The standard InChI is InChI=1S/C66H54N2Si/c1-43-25-39-57-61(41-43)67(59-23-15-13-21-55(59)63-45(3)27-29-47(5)65(57)63)49-31-35-53(36-32-49)69(51-17-9-7-10-18-51,52-19-11-8-12-20-52)54-37-33-50(34-38-54)68-60-24-16-14-22-56(60)64-46(4)28-30-48(6)66(64)58-40-26-44(2)42-62(58)68/h7-42H,1-6H3. The van der Waals surface area contributed by atoms with Crippen LogP contribution in [0.2, 0.25) is 0 Å². The normalized spacial score (nSPS) is 12.4. The van der Waals surface area contributed by atoms with E-state index < -0.39 is 8.07 Å². The molecule has 0 bridgehead atoms. The molecule has 2 nitrogen and oxygen atoms in total. The van der Waals surface area contributed by atoms with Crippen LogP contribution in [0.15, 0.2) is 218 Å². The van der Waals surface area contributed by atoms with Crippen LogP contribution in [0.25, 0.3) is 44.5 Å². The average molecular weight is 903 g/mol. The lowest BCUT2D eigenvalue weighted by molar-refractivity contribution is 1.28. The molecule has 3 heteroatoms. The van der Waals surface area contributed by atoms with Crippen molar-refractivity contribution in [2.45, 2.75) is 41.5 Å². The average Bonchev–Trinajstić information content (AvgIpc) is 3.59. The maximum atomic E-state index is 2.50. The van der Waals surface area contributed by atoms with Gasteiger partial charge in [0.15, 0.2) is 8.07 Å². The zero-order chi connectivity index (χ0) is 47.0. The molecule has 10 aromatic carbocycles. The molecule has 0 amide bonds. The summed E-state index contributed by atoms with van der Waals surface area (Å²) < 4.78 is 0. The zero-order valence-electron chi connectivity index (χ0n) is 40.2. The van der Waals surface area contributed by atoms with E-state index in [0.29, 0.717) is 0 Å². The van der Waals surface area contributed by atoms with Crippen LogP contribution in [0.1, 0.15) is 33.4 Å². The van der Waals surface area contributed by atoms with E-state index in [0.717, 1.165) is 11.4 Å². The summed E-state index contributed by atoms with van der Waals surface area (Å²) in [6, 6.07) is 82.9. The minimum Gasteiger partial charge on any atom is -0.309 e. The predicted molar refractivity (Wildman–Crippen MR) is 297 cm³/mol. The highest BCUT2D eigenvalue weighted by Gasteiger charge is 2.42. The molecule has 0 spiro atoms. The van der Waals surface area contributed by atoms with E-state index in [1.807, 2.05) is 0 Å². The van der Waals surface area contributed by atoms with Gasteiger partial charge in [0, 0.05) is 33.6 Å². The summed E-state index contributed by atoms with van der Waals surface area (Å²) in [4.78, 5) is 5.01. The smallest absolute Gasteiger partial charge is 0.179 e. The van der Waals surface area contributed by atoms with Crippen molar-refractivity contribution in [3.05, 3.63) is 252 Å². The summed E-state index contributed by atoms with van der Waals surface area (Å²) in [7, 11) is -2.94. The van der Waals surface area contributed by atoms with Crippen LogP contribution >= 0.6 is 0 Å². The Morgan fingerprint density at radius 2 is 0.565 bits per heavy atom. The van der Waals surface area contributed by atoms with Crippen molar-refractivity contribution < 1.29 is 0 Å². The van der Waals surface area contributed by atoms with Gasteiger partial charge in [0.1, 0.15) is 0 Å². The van der Waals surface area contributed by atoms with Gasteiger partial charge in [0.2, 0.25) is 0 Å². The highest BCUT2D eigenvalue weighted by Crippen LogP contribution is 2.54. The minimum atomic E-state index is -2.94. The maximum Gasteiger partial charge on any atom is 0.179 e. The molecule has 0 saturated carbocycles.